The summed E-state index contributed by atoms with van der Waals surface area (Å²) in [5.41, 5.74) is -2.54. The minimum absolute atomic E-state index is 0.0168. The van der Waals surface area contributed by atoms with Crippen molar-refractivity contribution in [3.05, 3.63) is 12.7 Å². The monoisotopic (exact) mass is 687 g/mol. The first-order valence-corrected chi connectivity index (χ1v) is 19.2. The van der Waals surface area contributed by atoms with Gasteiger partial charge in [-0.2, -0.15) is 0 Å². The molecule has 6 rings (SSSR count). The molecule has 13 heteroatoms. The fraction of sp³-hybridized carbons (Fsp3) is 0.800. The Morgan fingerprint density at radius 2 is 1.62 bits per heavy atom. The Labute approximate surface area is 284 Å². The van der Waals surface area contributed by atoms with Gasteiger partial charge in [-0.3, -0.25) is 28.7 Å². The van der Waals surface area contributed by atoms with Crippen LogP contribution in [0.2, 0.25) is 0 Å². The van der Waals surface area contributed by atoms with Crippen LogP contribution in [0, 0.1) is 33.5 Å². The van der Waals surface area contributed by atoms with Crippen LogP contribution in [0.5, 0.6) is 0 Å². The Balaban J connectivity index is 1.27. The van der Waals surface area contributed by atoms with Crippen molar-refractivity contribution in [1.29, 1.82) is 0 Å². The molecule has 0 aromatic carbocycles. The molecule has 4 aliphatic carbocycles. The number of piperidine rings is 1. The van der Waals surface area contributed by atoms with Crippen molar-refractivity contribution in [1.82, 2.24) is 25.2 Å². The first kappa shape index (κ1) is 34.9. The zero-order valence-electron chi connectivity index (χ0n) is 29.3. The molecule has 0 aromatic rings. The topological polar surface area (TPSA) is 162 Å². The third-order valence-corrected chi connectivity index (χ3v) is 15.1. The minimum atomic E-state index is -3.84. The van der Waals surface area contributed by atoms with Gasteiger partial charge in [0.05, 0.1) is 11.2 Å². The predicted octanol–water partition coefficient (Wildman–Crippen LogP) is 2.24. The zero-order valence-corrected chi connectivity index (χ0v) is 30.1. The second-order valence-electron chi connectivity index (χ2n) is 17.1. The largest absolute Gasteiger partial charge is 0.344 e. The van der Waals surface area contributed by atoms with Crippen molar-refractivity contribution >= 4 is 39.6 Å². The van der Waals surface area contributed by atoms with Gasteiger partial charge in [0.15, 0.2) is 0 Å². The van der Waals surface area contributed by atoms with E-state index in [9.17, 15) is 32.4 Å². The highest BCUT2D eigenvalue weighted by Crippen LogP contribution is 2.88. The van der Waals surface area contributed by atoms with E-state index in [4.69, 9.17) is 0 Å². The van der Waals surface area contributed by atoms with Crippen LogP contribution >= 0.6 is 0 Å². The second-order valence-corrected chi connectivity index (χ2v) is 19.1. The van der Waals surface area contributed by atoms with Gasteiger partial charge in [-0.05, 0) is 67.6 Å². The molecule has 6 atom stereocenters. The Morgan fingerprint density at radius 1 is 0.958 bits per heavy atom. The molecule has 0 radical (unpaired) electrons. The van der Waals surface area contributed by atoms with E-state index in [1.165, 1.54) is 6.92 Å². The van der Waals surface area contributed by atoms with Gasteiger partial charge in [-0.1, -0.05) is 47.1 Å². The summed E-state index contributed by atoms with van der Waals surface area (Å²) in [4.78, 5) is 71.6. The van der Waals surface area contributed by atoms with Crippen molar-refractivity contribution in [3.63, 3.8) is 0 Å². The second kappa shape index (κ2) is 11.3. The number of likely N-dealkylation sites (tertiary alicyclic amines) is 2. The van der Waals surface area contributed by atoms with Gasteiger partial charge in [-0.25, -0.2) is 8.42 Å². The number of rotatable bonds is 9. The first-order chi connectivity index (χ1) is 22.3. The minimum Gasteiger partial charge on any atom is -0.344 e. The standard InChI is InChI=1S/C35H53N5O7S/c1-8-23-17-35(23,30(45)38-48(46,47)24-12-13-24)37-28(43)25-18-34(32(6,7)33(34)14-10-15-33)20-40(25)29(44)26(31(3,4)5)36-27(42)22-11-9-16-39(19-22)21(2)41/h8,22-26H,1,9-20H2,2-7H3,(H,36,42)(H,37,43)(H,38,45)/t22?,23-,25+,26-,34-,35-/m1/s1. The molecule has 48 heavy (non-hydrogen) atoms. The summed E-state index contributed by atoms with van der Waals surface area (Å²) >= 11 is 0. The van der Waals surface area contributed by atoms with Crippen LogP contribution in [0.25, 0.3) is 0 Å². The van der Waals surface area contributed by atoms with Gasteiger partial charge in [-0.15, -0.1) is 6.58 Å². The number of fused-ring (bicyclic) bond motifs is 1. The van der Waals surface area contributed by atoms with Crippen LogP contribution in [-0.4, -0.2) is 90.3 Å². The van der Waals surface area contributed by atoms with Crippen LogP contribution in [0.15, 0.2) is 12.7 Å². The molecular formula is C35H53N5O7S. The number of carbonyl (C=O) groups is 5. The van der Waals surface area contributed by atoms with E-state index in [1.54, 1.807) is 15.9 Å². The first-order valence-electron chi connectivity index (χ1n) is 17.6. The van der Waals surface area contributed by atoms with E-state index in [0.29, 0.717) is 51.7 Å². The molecule has 4 saturated carbocycles. The molecule has 2 spiro atoms. The lowest BCUT2D eigenvalue weighted by Gasteiger charge is -2.38. The maximum absolute atomic E-state index is 14.7. The molecule has 2 aliphatic heterocycles. The molecular weight excluding hydrogens is 634 g/mol. The summed E-state index contributed by atoms with van der Waals surface area (Å²) in [6.07, 6.45) is 7.63. The SMILES string of the molecule is C=C[C@@H]1C[C@]1(NC(=O)[C@@H]1C[C@@]2(CN1C(=O)[C@@H](NC(=O)C1CCCN(C(C)=O)C1)C(C)(C)C)C(C)(C)C21CCC1)C(=O)NS(=O)(=O)C1CC1. The lowest BCUT2D eigenvalue weighted by molar-refractivity contribution is -0.145. The molecule has 2 saturated heterocycles. The van der Waals surface area contributed by atoms with Gasteiger partial charge in [0, 0.05) is 37.9 Å². The molecule has 0 aromatic heterocycles. The fourth-order valence-electron chi connectivity index (χ4n) is 9.63. The van der Waals surface area contributed by atoms with Crippen molar-refractivity contribution in [2.24, 2.45) is 33.5 Å². The van der Waals surface area contributed by atoms with E-state index in [0.717, 1.165) is 19.3 Å². The average Bonchev–Trinajstić information content (AvgIpc) is 3.92. The third kappa shape index (κ3) is 5.28. The highest BCUT2D eigenvalue weighted by atomic mass is 32.2. The maximum Gasteiger partial charge on any atom is 0.259 e. The Morgan fingerprint density at radius 3 is 2.12 bits per heavy atom. The van der Waals surface area contributed by atoms with Crippen LogP contribution in [-0.2, 0) is 34.0 Å². The molecule has 266 valence electrons. The fourth-order valence-corrected chi connectivity index (χ4v) is 11.0. The molecule has 0 bridgehead atoms. The number of hydrogen-bond acceptors (Lipinski definition) is 7. The van der Waals surface area contributed by atoms with Crippen molar-refractivity contribution in [3.8, 4) is 0 Å². The Kier molecular flexibility index (Phi) is 8.20. The summed E-state index contributed by atoms with van der Waals surface area (Å²) < 4.78 is 27.6. The lowest BCUT2D eigenvalue weighted by atomic mass is 9.73. The predicted molar refractivity (Wildman–Crippen MR) is 178 cm³/mol. The lowest BCUT2D eigenvalue weighted by Crippen LogP contribution is -2.61. The molecule has 2 heterocycles. The summed E-state index contributed by atoms with van der Waals surface area (Å²) in [7, 11) is -3.84. The van der Waals surface area contributed by atoms with Crippen molar-refractivity contribution in [2.45, 2.75) is 122 Å². The Bertz CT molecular complexity index is 1540. The summed E-state index contributed by atoms with van der Waals surface area (Å²) in [6, 6.07) is -1.85. The quantitative estimate of drug-likeness (QED) is 0.313. The number of hydrogen-bond donors (Lipinski definition) is 3. The van der Waals surface area contributed by atoms with E-state index in [1.807, 2.05) is 20.8 Å². The summed E-state index contributed by atoms with van der Waals surface area (Å²) in [6.45, 7) is 16.6. The average molecular weight is 688 g/mol. The number of carbonyl (C=O) groups excluding carboxylic acids is 5. The molecule has 6 aliphatic rings. The number of nitrogens with zero attached hydrogens (tertiary/aromatic N) is 2. The van der Waals surface area contributed by atoms with E-state index in [2.05, 4.69) is 35.8 Å². The van der Waals surface area contributed by atoms with Crippen LogP contribution in [0.3, 0.4) is 0 Å². The number of nitrogens with one attached hydrogen (secondary N) is 3. The Hall–Kier alpha value is -2.96. The molecule has 1 unspecified atom stereocenters. The molecule has 12 nitrogen and oxygen atoms in total. The zero-order chi connectivity index (χ0) is 35.2. The number of amides is 5. The molecule has 5 amide bonds. The normalized spacial score (nSPS) is 33.8. The third-order valence-electron chi connectivity index (χ3n) is 13.3. The van der Waals surface area contributed by atoms with E-state index < -0.39 is 62.0 Å². The van der Waals surface area contributed by atoms with Gasteiger partial charge < -0.3 is 20.4 Å². The van der Waals surface area contributed by atoms with E-state index >= 15 is 0 Å². The maximum atomic E-state index is 14.7. The highest BCUT2D eigenvalue weighted by Gasteiger charge is 2.85. The van der Waals surface area contributed by atoms with Crippen LogP contribution < -0.4 is 15.4 Å². The molecule has 6 fully saturated rings. The van der Waals surface area contributed by atoms with Gasteiger partial charge in [0.2, 0.25) is 33.7 Å². The van der Waals surface area contributed by atoms with Gasteiger partial charge in [0.1, 0.15) is 17.6 Å². The van der Waals surface area contributed by atoms with Crippen LogP contribution in [0.1, 0.15) is 99.3 Å². The van der Waals surface area contributed by atoms with E-state index in [-0.39, 0.29) is 40.4 Å². The summed E-state index contributed by atoms with van der Waals surface area (Å²) in [5, 5.41) is 5.35. The van der Waals surface area contributed by atoms with Gasteiger partial charge in [0.25, 0.3) is 5.91 Å². The van der Waals surface area contributed by atoms with Crippen molar-refractivity contribution in [2.75, 3.05) is 19.6 Å². The highest BCUT2D eigenvalue weighted by molar-refractivity contribution is 7.91. The summed E-state index contributed by atoms with van der Waals surface area (Å²) in [5.74, 6) is -2.88. The number of sulfonamides is 1. The smallest absolute Gasteiger partial charge is 0.259 e. The van der Waals surface area contributed by atoms with Crippen LogP contribution in [0.4, 0.5) is 0 Å². The van der Waals surface area contributed by atoms with Gasteiger partial charge >= 0.3 is 0 Å². The van der Waals surface area contributed by atoms with Crippen molar-refractivity contribution < 1.29 is 32.4 Å². The molecule has 3 N–H and O–H groups in total.